The van der Waals surface area contributed by atoms with Gasteiger partial charge in [-0.3, -0.25) is 29.0 Å². The zero-order chi connectivity index (χ0) is 29.3. The number of carbonyl (C=O) groups excluding carboxylic acids is 5. The summed E-state index contributed by atoms with van der Waals surface area (Å²) in [6.45, 7) is 0.159. The van der Waals surface area contributed by atoms with Crippen LogP contribution in [0.5, 0.6) is 0 Å². The number of primary amides is 2. The fraction of sp³-hybridized carbons (Fsp3) is 0.667. The molecule has 0 bridgehead atoms. The third kappa shape index (κ3) is 15.5. The number of hydrogen-bond donors (Lipinski definition) is 9. The van der Waals surface area contributed by atoms with Crippen LogP contribution in [0.15, 0.2) is 4.99 Å². The normalized spacial score (nSPS) is 13.7. The van der Waals surface area contributed by atoms with Gasteiger partial charge in [-0.2, -0.15) is 11.8 Å². The quantitative estimate of drug-likeness (QED) is 0.0394. The van der Waals surface area contributed by atoms with E-state index >= 15 is 0 Å². The largest absolute Gasteiger partial charge is 0.480 e. The third-order valence-corrected chi connectivity index (χ3v) is 5.80. The van der Waals surface area contributed by atoms with Gasteiger partial charge in [0.25, 0.3) is 0 Å². The van der Waals surface area contributed by atoms with Crippen molar-refractivity contribution in [3.05, 3.63) is 0 Å². The van der Waals surface area contributed by atoms with E-state index in [4.69, 9.17) is 28.7 Å². The van der Waals surface area contributed by atoms with Crippen molar-refractivity contribution in [3.8, 4) is 0 Å². The highest BCUT2D eigenvalue weighted by Crippen LogP contribution is 2.06. The number of aliphatic imine (C=N–C) groups is 1. The number of aliphatic carboxylic acids is 1. The zero-order valence-corrected chi connectivity index (χ0v) is 22.1. The highest BCUT2D eigenvalue weighted by atomic mass is 32.2. The maximum Gasteiger partial charge on any atom is 0.326 e. The second kappa shape index (κ2) is 18.6. The molecule has 14 N–H and O–H groups in total. The number of carboxylic acids is 1. The van der Waals surface area contributed by atoms with E-state index in [2.05, 4.69) is 20.9 Å². The molecule has 0 aliphatic heterocycles. The molecule has 4 unspecified atom stereocenters. The first-order valence-corrected chi connectivity index (χ1v) is 13.2. The molecule has 0 saturated heterocycles. The average molecular weight is 562 g/mol. The summed E-state index contributed by atoms with van der Waals surface area (Å²) >= 11 is 1.50. The highest BCUT2D eigenvalue weighted by molar-refractivity contribution is 7.98. The number of nitrogens with one attached hydrogen (secondary N) is 3. The molecule has 216 valence electrons. The monoisotopic (exact) mass is 561 g/mol. The molecular weight excluding hydrogens is 522 g/mol. The Bertz CT molecular complexity index is 868. The van der Waals surface area contributed by atoms with E-state index in [0.29, 0.717) is 12.2 Å². The molecule has 16 nitrogen and oxygen atoms in total. The first-order chi connectivity index (χ1) is 17.8. The maximum atomic E-state index is 13.1. The van der Waals surface area contributed by atoms with Crippen LogP contribution in [0.2, 0.25) is 0 Å². The van der Waals surface area contributed by atoms with Gasteiger partial charge in [0, 0.05) is 19.4 Å². The van der Waals surface area contributed by atoms with Crippen LogP contribution in [-0.4, -0.2) is 89.3 Å². The van der Waals surface area contributed by atoms with Crippen molar-refractivity contribution in [3.63, 3.8) is 0 Å². The van der Waals surface area contributed by atoms with Gasteiger partial charge in [0.1, 0.15) is 18.1 Å². The molecule has 4 atom stereocenters. The van der Waals surface area contributed by atoms with Crippen LogP contribution in [0, 0.1) is 0 Å². The molecule has 5 amide bonds. The summed E-state index contributed by atoms with van der Waals surface area (Å²) in [4.78, 5) is 76.2. The number of guanidine groups is 1. The van der Waals surface area contributed by atoms with E-state index in [1.54, 1.807) is 0 Å². The molecule has 38 heavy (non-hydrogen) atoms. The predicted octanol–water partition coefficient (Wildman–Crippen LogP) is -3.81. The van der Waals surface area contributed by atoms with Gasteiger partial charge < -0.3 is 49.7 Å². The summed E-state index contributed by atoms with van der Waals surface area (Å²) in [6, 6.07) is -4.89. The molecule has 0 saturated carbocycles. The number of hydrogen-bond acceptors (Lipinski definition) is 9. The van der Waals surface area contributed by atoms with Crippen LogP contribution in [0.25, 0.3) is 0 Å². The second-order valence-corrected chi connectivity index (χ2v) is 9.35. The van der Waals surface area contributed by atoms with Crippen molar-refractivity contribution in [2.45, 2.75) is 69.1 Å². The van der Waals surface area contributed by atoms with Crippen molar-refractivity contribution < 1.29 is 33.9 Å². The number of nitrogens with zero attached hydrogens (tertiary/aromatic N) is 1. The summed E-state index contributed by atoms with van der Waals surface area (Å²) < 4.78 is 0. The van der Waals surface area contributed by atoms with Crippen molar-refractivity contribution in [2.24, 2.45) is 33.7 Å². The minimum absolute atomic E-state index is 0.0735. The first-order valence-electron chi connectivity index (χ1n) is 11.8. The molecule has 17 heteroatoms. The van der Waals surface area contributed by atoms with Gasteiger partial charge in [-0.1, -0.05) is 0 Å². The molecule has 0 spiro atoms. The average Bonchev–Trinajstić information content (AvgIpc) is 2.83. The lowest BCUT2D eigenvalue weighted by atomic mass is 10.1. The van der Waals surface area contributed by atoms with Gasteiger partial charge in [-0.15, -0.1) is 0 Å². The third-order valence-electron chi connectivity index (χ3n) is 5.15. The van der Waals surface area contributed by atoms with E-state index in [9.17, 15) is 33.9 Å². The van der Waals surface area contributed by atoms with E-state index in [0.717, 1.165) is 0 Å². The standard InChI is InChI=1S/C21H39N9O7S/c1-38-10-8-11(22)17(33)28-12(3-2-9-27-21(25)26)18(34)29-13(4-6-15(23)31)19(35)30-14(20(36)37)5-7-16(24)32/h11-14H,2-10,22H2,1H3,(H2,23,31)(H2,24,32)(H,28,33)(H,29,34)(H,30,35)(H,36,37)(H4,25,26,27). The topological polar surface area (TPSA) is 301 Å². The highest BCUT2D eigenvalue weighted by Gasteiger charge is 2.30. The van der Waals surface area contributed by atoms with Crippen LogP contribution in [0.1, 0.15) is 44.9 Å². The summed E-state index contributed by atoms with van der Waals surface area (Å²) in [6.07, 6.45) is 1.41. The van der Waals surface area contributed by atoms with Crippen molar-refractivity contribution in [1.29, 1.82) is 0 Å². The molecule has 0 rings (SSSR count). The Balaban J connectivity index is 5.67. The number of carbonyl (C=O) groups is 6. The Morgan fingerprint density at radius 2 is 1.24 bits per heavy atom. The SMILES string of the molecule is CSCCC(N)C(=O)NC(CCCN=C(N)N)C(=O)NC(CCC(N)=O)C(=O)NC(CCC(N)=O)C(=O)O. The number of nitrogens with two attached hydrogens (primary N) is 5. The van der Waals surface area contributed by atoms with Gasteiger partial charge in [0.2, 0.25) is 29.5 Å². The fourth-order valence-electron chi connectivity index (χ4n) is 3.07. The molecule has 0 aromatic heterocycles. The van der Waals surface area contributed by atoms with Crippen LogP contribution in [-0.2, 0) is 28.8 Å². The van der Waals surface area contributed by atoms with Crippen molar-refractivity contribution >= 4 is 53.2 Å². The van der Waals surface area contributed by atoms with Crippen LogP contribution >= 0.6 is 11.8 Å². The summed E-state index contributed by atoms with van der Waals surface area (Å²) in [5.74, 6) is -4.79. The molecule has 0 aromatic carbocycles. The van der Waals surface area contributed by atoms with Gasteiger partial charge in [0.15, 0.2) is 5.96 Å². The van der Waals surface area contributed by atoms with Crippen molar-refractivity contribution in [1.82, 2.24) is 16.0 Å². The van der Waals surface area contributed by atoms with Gasteiger partial charge in [-0.05, 0) is 44.1 Å². The molecular formula is C21H39N9O7S. The molecule has 0 fully saturated rings. The van der Waals surface area contributed by atoms with Gasteiger partial charge >= 0.3 is 5.97 Å². The lowest BCUT2D eigenvalue weighted by Gasteiger charge is -2.25. The minimum Gasteiger partial charge on any atom is -0.480 e. The maximum absolute atomic E-state index is 13.1. The first kappa shape index (κ1) is 34.4. The summed E-state index contributed by atoms with van der Waals surface area (Å²) in [5, 5.41) is 16.6. The number of carboxylic acid groups (broad SMARTS) is 1. The second-order valence-electron chi connectivity index (χ2n) is 8.37. The van der Waals surface area contributed by atoms with Crippen LogP contribution < -0.4 is 44.6 Å². The van der Waals surface area contributed by atoms with Crippen LogP contribution in [0.4, 0.5) is 0 Å². The Morgan fingerprint density at radius 3 is 1.71 bits per heavy atom. The molecule has 0 aliphatic carbocycles. The number of rotatable bonds is 20. The van der Waals surface area contributed by atoms with Crippen molar-refractivity contribution in [2.75, 3.05) is 18.6 Å². The lowest BCUT2D eigenvalue weighted by Crippen LogP contribution is -2.57. The minimum atomic E-state index is -1.48. The molecule has 0 heterocycles. The summed E-state index contributed by atoms with van der Waals surface area (Å²) in [7, 11) is 0. The Kier molecular flexibility index (Phi) is 16.9. The number of thioether (sulfide) groups is 1. The number of amides is 5. The van der Waals surface area contributed by atoms with E-state index in [1.807, 2.05) is 6.26 Å². The lowest BCUT2D eigenvalue weighted by molar-refractivity contribution is -0.142. The van der Waals surface area contributed by atoms with Gasteiger partial charge in [-0.25, -0.2) is 4.79 Å². The van der Waals surface area contributed by atoms with E-state index in [-0.39, 0.29) is 51.0 Å². The van der Waals surface area contributed by atoms with Crippen LogP contribution in [0.3, 0.4) is 0 Å². The van der Waals surface area contributed by atoms with E-state index in [1.165, 1.54) is 11.8 Å². The predicted molar refractivity (Wildman–Crippen MR) is 141 cm³/mol. The van der Waals surface area contributed by atoms with Gasteiger partial charge in [0.05, 0.1) is 6.04 Å². The zero-order valence-electron chi connectivity index (χ0n) is 21.3. The molecule has 0 aromatic rings. The summed E-state index contributed by atoms with van der Waals surface area (Å²) in [5.41, 5.74) is 26.7. The Morgan fingerprint density at radius 1 is 0.763 bits per heavy atom. The molecule has 0 radical (unpaired) electrons. The fourth-order valence-corrected chi connectivity index (χ4v) is 3.56. The Hall–Kier alpha value is -3.60. The molecule has 0 aliphatic rings. The van der Waals surface area contributed by atoms with E-state index < -0.39 is 59.7 Å². The smallest absolute Gasteiger partial charge is 0.326 e. The Labute approximate surface area is 224 Å².